The number of nitrogens with two attached hydrogens (primary N) is 1. The molecular formula is C18H23N5OS. The van der Waals surface area contributed by atoms with Crippen molar-refractivity contribution in [2.24, 2.45) is 5.73 Å². The van der Waals surface area contributed by atoms with Gasteiger partial charge in [-0.05, 0) is 41.9 Å². The van der Waals surface area contributed by atoms with Gasteiger partial charge in [0.15, 0.2) is 11.1 Å². The number of rotatable bonds is 8. The van der Waals surface area contributed by atoms with Gasteiger partial charge in [0.2, 0.25) is 0 Å². The minimum absolute atomic E-state index is 0.0979. The van der Waals surface area contributed by atoms with E-state index >= 15 is 0 Å². The van der Waals surface area contributed by atoms with E-state index in [1.54, 1.807) is 12.4 Å². The first-order valence-electron chi connectivity index (χ1n) is 8.07. The molecule has 6 nitrogen and oxygen atoms in total. The number of benzene rings is 1. The number of guanidine groups is 1. The fraction of sp³-hybridized carbons (Fsp3) is 0.278. The number of nitrogens with zero attached hydrogens (tertiary/aromatic N) is 2. The van der Waals surface area contributed by atoms with Crippen LogP contribution in [0.4, 0.5) is 0 Å². The van der Waals surface area contributed by atoms with Crippen LogP contribution in [0.3, 0.4) is 0 Å². The van der Waals surface area contributed by atoms with E-state index in [0.717, 1.165) is 12.0 Å². The van der Waals surface area contributed by atoms with E-state index in [9.17, 15) is 0 Å². The second-order valence-electron chi connectivity index (χ2n) is 5.41. The Morgan fingerprint density at radius 1 is 1.12 bits per heavy atom. The minimum Gasteiger partial charge on any atom is -0.379 e. The lowest BCUT2D eigenvalue weighted by atomic mass is 10.2. The van der Waals surface area contributed by atoms with E-state index in [-0.39, 0.29) is 5.96 Å². The minimum atomic E-state index is -0.0979. The zero-order valence-corrected chi connectivity index (χ0v) is 14.8. The first kappa shape index (κ1) is 18.8. The van der Waals surface area contributed by atoms with Crippen LogP contribution in [-0.2, 0) is 17.7 Å². The van der Waals surface area contributed by atoms with E-state index < -0.39 is 0 Å². The second-order valence-corrected chi connectivity index (χ2v) is 5.79. The number of pyridine rings is 1. The van der Waals surface area contributed by atoms with Crippen LogP contribution < -0.4 is 11.1 Å². The maximum absolute atomic E-state index is 7.70. The first-order chi connectivity index (χ1) is 12.2. The molecule has 0 fully saturated rings. The maximum atomic E-state index is 7.70. The largest absolute Gasteiger partial charge is 0.379 e. The maximum Gasteiger partial charge on any atom is 0.195 e. The molecule has 0 saturated heterocycles. The smallest absolute Gasteiger partial charge is 0.195 e. The molecule has 25 heavy (non-hydrogen) atoms. The van der Waals surface area contributed by atoms with Crippen LogP contribution in [0.5, 0.6) is 0 Å². The lowest BCUT2D eigenvalue weighted by Crippen LogP contribution is -2.46. The van der Waals surface area contributed by atoms with E-state index in [4.69, 9.17) is 28.1 Å². The summed E-state index contributed by atoms with van der Waals surface area (Å²) in [6.07, 6.45) is 4.28. The Bertz CT molecular complexity index is 666. The number of thiocarbonyl (C=S) groups is 1. The van der Waals surface area contributed by atoms with Crippen molar-refractivity contribution in [3.05, 3.63) is 66.0 Å². The average Bonchev–Trinajstić information content (AvgIpc) is 2.64. The third-order valence-corrected chi connectivity index (χ3v) is 3.89. The van der Waals surface area contributed by atoms with Crippen LogP contribution in [0.1, 0.15) is 11.1 Å². The van der Waals surface area contributed by atoms with E-state index in [1.165, 1.54) is 10.5 Å². The molecule has 1 aromatic carbocycles. The molecule has 1 heterocycles. The van der Waals surface area contributed by atoms with Gasteiger partial charge in [-0.1, -0.05) is 30.3 Å². The number of hydrogen-bond donors (Lipinski definition) is 3. The van der Waals surface area contributed by atoms with Crippen LogP contribution >= 0.6 is 12.2 Å². The molecule has 0 bridgehead atoms. The average molecular weight is 357 g/mol. The highest BCUT2D eigenvalue weighted by molar-refractivity contribution is 7.80. The van der Waals surface area contributed by atoms with Gasteiger partial charge in [0.05, 0.1) is 19.8 Å². The van der Waals surface area contributed by atoms with Crippen LogP contribution in [0.25, 0.3) is 0 Å². The van der Waals surface area contributed by atoms with E-state index in [1.807, 2.05) is 30.3 Å². The summed E-state index contributed by atoms with van der Waals surface area (Å²) in [5, 5.41) is 11.2. The van der Waals surface area contributed by atoms with Crippen LogP contribution in [0, 0.1) is 5.41 Å². The van der Waals surface area contributed by atoms with Gasteiger partial charge < -0.3 is 15.8 Å². The monoisotopic (exact) mass is 357 g/mol. The summed E-state index contributed by atoms with van der Waals surface area (Å²) in [5.41, 5.74) is 7.87. The molecule has 0 saturated carbocycles. The van der Waals surface area contributed by atoms with Crippen molar-refractivity contribution in [3.63, 3.8) is 0 Å². The highest BCUT2D eigenvalue weighted by atomic mass is 32.1. The molecule has 1 aromatic heterocycles. The molecule has 0 aliphatic rings. The molecule has 2 rings (SSSR count). The number of hydrogen-bond acceptors (Lipinski definition) is 4. The molecule has 0 atom stereocenters. The van der Waals surface area contributed by atoms with Crippen LogP contribution in [0.2, 0.25) is 0 Å². The van der Waals surface area contributed by atoms with Crippen molar-refractivity contribution < 1.29 is 4.74 Å². The first-order valence-corrected chi connectivity index (χ1v) is 8.47. The topological polar surface area (TPSA) is 87.3 Å². The quantitative estimate of drug-likeness (QED) is 0.290. The van der Waals surface area contributed by atoms with Crippen molar-refractivity contribution in [1.29, 1.82) is 5.41 Å². The van der Waals surface area contributed by atoms with Gasteiger partial charge in [-0.2, -0.15) is 0 Å². The third kappa shape index (κ3) is 6.86. The summed E-state index contributed by atoms with van der Waals surface area (Å²) in [6.45, 7) is 2.19. The van der Waals surface area contributed by atoms with Gasteiger partial charge in [-0.15, -0.1) is 0 Å². The highest BCUT2D eigenvalue weighted by Crippen LogP contribution is 2.03. The summed E-state index contributed by atoms with van der Waals surface area (Å²) >= 11 is 5.33. The van der Waals surface area contributed by atoms with Crippen molar-refractivity contribution in [1.82, 2.24) is 15.2 Å². The molecule has 0 unspecified atom stereocenters. The Kier molecular flexibility index (Phi) is 7.81. The van der Waals surface area contributed by atoms with Gasteiger partial charge in [0.1, 0.15) is 0 Å². The number of nitrogens with one attached hydrogen (secondary N) is 2. The second kappa shape index (κ2) is 10.4. The molecule has 2 aromatic rings. The summed E-state index contributed by atoms with van der Waals surface area (Å²) < 4.78 is 5.61. The SMILES string of the molecule is N=C(N)N(Cc1ccncc1)C(=S)NCCOCCc1ccccc1. The Balaban J connectivity index is 1.67. The van der Waals surface area contributed by atoms with E-state index in [0.29, 0.717) is 31.4 Å². The molecule has 4 N–H and O–H groups in total. The Labute approximate surface area is 153 Å². The van der Waals surface area contributed by atoms with Crippen molar-refractivity contribution in [3.8, 4) is 0 Å². The summed E-state index contributed by atoms with van der Waals surface area (Å²) in [4.78, 5) is 5.51. The van der Waals surface area contributed by atoms with E-state index in [2.05, 4.69) is 22.4 Å². The summed E-state index contributed by atoms with van der Waals surface area (Å²) in [7, 11) is 0. The molecule has 7 heteroatoms. The molecule has 0 radical (unpaired) electrons. The molecule has 0 aliphatic carbocycles. The normalized spacial score (nSPS) is 10.2. The lowest BCUT2D eigenvalue weighted by molar-refractivity contribution is 0.141. The lowest BCUT2D eigenvalue weighted by Gasteiger charge is -2.24. The highest BCUT2D eigenvalue weighted by Gasteiger charge is 2.12. The molecule has 132 valence electrons. The third-order valence-electron chi connectivity index (χ3n) is 3.53. The summed E-state index contributed by atoms with van der Waals surface area (Å²) in [5.74, 6) is -0.0979. The van der Waals surface area contributed by atoms with Crippen LogP contribution in [0.15, 0.2) is 54.9 Å². The molecular weight excluding hydrogens is 334 g/mol. The Morgan fingerprint density at radius 2 is 1.84 bits per heavy atom. The fourth-order valence-corrected chi connectivity index (χ4v) is 2.46. The number of ether oxygens (including phenoxy) is 1. The number of aromatic nitrogens is 1. The van der Waals surface area contributed by atoms with Crippen molar-refractivity contribution >= 4 is 23.3 Å². The molecule has 0 amide bonds. The van der Waals surface area contributed by atoms with Crippen molar-refractivity contribution in [2.75, 3.05) is 19.8 Å². The predicted octanol–water partition coefficient (Wildman–Crippen LogP) is 1.91. The van der Waals surface area contributed by atoms with Gasteiger partial charge >= 0.3 is 0 Å². The zero-order valence-electron chi connectivity index (χ0n) is 14.0. The fourth-order valence-electron chi connectivity index (χ4n) is 2.20. The summed E-state index contributed by atoms with van der Waals surface area (Å²) in [6, 6.07) is 13.9. The van der Waals surface area contributed by atoms with Gasteiger partial charge in [-0.25, -0.2) is 0 Å². The molecule has 0 spiro atoms. The van der Waals surface area contributed by atoms with Gasteiger partial charge in [-0.3, -0.25) is 15.3 Å². The van der Waals surface area contributed by atoms with Gasteiger partial charge in [0.25, 0.3) is 0 Å². The van der Waals surface area contributed by atoms with Gasteiger partial charge in [0, 0.05) is 18.9 Å². The Hall–Kier alpha value is -2.51. The standard InChI is InChI=1S/C18H23N5OS/c19-17(20)23(14-16-6-9-21-10-7-16)18(25)22-11-13-24-12-8-15-4-2-1-3-5-15/h1-7,9-10H,8,11-14H2,(H3,19,20)(H,22,25). The van der Waals surface area contributed by atoms with Crippen LogP contribution in [-0.4, -0.2) is 40.7 Å². The van der Waals surface area contributed by atoms with Crippen molar-refractivity contribution in [2.45, 2.75) is 13.0 Å². The predicted molar refractivity (Wildman–Crippen MR) is 103 cm³/mol. The zero-order chi connectivity index (χ0) is 17.9. The molecule has 0 aliphatic heterocycles. The Morgan fingerprint density at radius 3 is 2.52 bits per heavy atom.